The van der Waals surface area contributed by atoms with Crippen LogP contribution in [0.4, 0.5) is 0 Å². The molecular weight excluding hydrogens is 262 g/mol. The van der Waals surface area contributed by atoms with Gasteiger partial charge in [0.05, 0.1) is 0 Å². The van der Waals surface area contributed by atoms with Crippen molar-refractivity contribution in [2.24, 2.45) is 17.6 Å². The third-order valence-corrected chi connectivity index (χ3v) is 5.18. The molecule has 0 aliphatic heterocycles. The average molecular weight is 280 g/mol. The Morgan fingerprint density at radius 3 is 2.38 bits per heavy atom. The van der Waals surface area contributed by atoms with Gasteiger partial charge in [0, 0.05) is 9.89 Å². The second-order valence-corrected chi connectivity index (χ2v) is 6.23. The van der Waals surface area contributed by atoms with Crippen molar-refractivity contribution >= 4 is 15.9 Å². The molecule has 0 amide bonds. The molecule has 0 spiro atoms. The largest absolute Gasteiger partial charge is 0.330 e. The predicted molar refractivity (Wildman–Crippen MR) is 70.3 cm³/mol. The first-order valence-corrected chi connectivity index (χ1v) is 7.03. The van der Waals surface area contributed by atoms with Crippen molar-refractivity contribution in [1.29, 1.82) is 0 Å². The van der Waals surface area contributed by atoms with Crippen molar-refractivity contribution in [1.82, 2.24) is 0 Å². The lowest BCUT2D eigenvalue weighted by atomic mass is 9.69. The molecule has 0 aromatic heterocycles. The standard InChI is InChI=1S/C14H18BrN/c15-13-6-4-11(5-7-13)14(8-12(14)9-16)10-2-1-3-10/h4-7,10,12H,1-3,8-9,16H2/t12-,14?/m0/s1. The maximum atomic E-state index is 5.88. The fraction of sp³-hybridized carbons (Fsp3) is 0.571. The molecule has 2 fully saturated rings. The fourth-order valence-electron chi connectivity index (χ4n) is 3.42. The van der Waals surface area contributed by atoms with Gasteiger partial charge in [0.15, 0.2) is 0 Å². The zero-order valence-corrected chi connectivity index (χ0v) is 11.0. The highest BCUT2D eigenvalue weighted by Crippen LogP contribution is 2.63. The molecule has 2 saturated carbocycles. The van der Waals surface area contributed by atoms with Crippen molar-refractivity contribution in [2.75, 3.05) is 6.54 Å². The van der Waals surface area contributed by atoms with E-state index in [9.17, 15) is 0 Å². The van der Waals surface area contributed by atoms with Crippen LogP contribution in [0.15, 0.2) is 28.7 Å². The summed E-state index contributed by atoms with van der Waals surface area (Å²) in [5, 5.41) is 0. The van der Waals surface area contributed by atoms with Crippen LogP contribution in [-0.4, -0.2) is 6.54 Å². The van der Waals surface area contributed by atoms with Crippen molar-refractivity contribution in [3.8, 4) is 0 Å². The van der Waals surface area contributed by atoms with E-state index < -0.39 is 0 Å². The highest BCUT2D eigenvalue weighted by Gasteiger charge is 2.59. The van der Waals surface area contributed by atoms with Gasteiger partial charge in [-0.2, -0.15) is 0 Å². The van der Waals surface area contributed by atoms with Gasteiger partial charge in [-0.1, -0.05) is 34.5 Å². The van der Waals surface area contributed by atoms with Gasteiger partial charge in [0.1, 0.15) is 0 Å². The molecule has 2 aliphatic carbocycles. The zero-order chi connectivity index (χ0) is 11.2. The summed E-state index contributed by atoms with van der Waals surface area (Å²) < 4.78 is 1.17. The van der Waals surface area contributed by atoms with E-state index in [0.717, 1.165) is 18.4 Å². The van der Waals surface area contributed by atoms with E-state index in [2.05, 4.69) is 40.2 Å². The molecule has 2 aliphatic rings. The van der Waals surface area contributed by atoms with Gasteiger partial charge in [-0.3, -0.25) is 0 Å². The number of nitrogens with two attached hydrogens (primary N) is 1. The van der Waals surface area contributed by atoms with Crippen LogP contribution in [-0.2, 0) is 5.41 Å². The Hall–Kier alpha value is -0.340. The maximum absolute atomic E-state index is 5.88. The number of hydrogen-bond donors (Lipinski definition) is 1. The van der Waals surface area contributed by atoms with E-state index in [-0.39, 0.29) is 0 Å². The predicted octanol–water partition coefficient (Wildman–Crippen LogP) is 3.47. The molecule has 16 heavy (non-hydrogen) atoms. The summed E-state index contributed by atoms with van der Waals surface area (Å²) in [5.74, 6) is 1.64. The quantitative estimate of drug-likeness (QED) is 0.901. The Balaban J connectivity index is 1.92. The van der Waals surface area contributed by atoms with Crippen LogP contribution >= 0.6 is 15.9 Å². The summed E-state index contributed by atoms with van der Waals surface area (Å²) in [7, 11) is 0. The molecule has 1 unspecified atom stereocenters. The van der Waals surface area contributed by atoms with Crippen molar-refractivity contribution < 1.29 is 0 Å². The first-order chi connectivity index (χ1) is 7.77. The topological polar surface area (TPSA) is 26.0 Å². The molecule has 2 N–H and O–H groups in total. The van der Waals surface area contributed by atoms with Crippen molar-refractivity contribution in [3.05, 3.63) is 34.3 Å². The smallest absolute Gasteiger partial charge is 0.0175 e. The van der Waals surface area contributed by atoms with Crippen LogP contribution in [0.3, 0.4) is 0 Å². The summed E-state index contributed by atoms with van der Waals surface area (Å²) in [4.78, 5) is 0. The summed E-state index contributed by atoms with van der Waals surface area (Å²) in [6, 6.07) is 8.92. The van der Waals surface area contributed by atoms with Gasteiger partial charge < -0.3 is 5.73 Å². The molecule has 1 nitrogen and oxygen atoms in total. The van der Waals surface area contributed by atoms with Gasteiger partial charge >= 0.3 is 0 Å². The van der Waals surface area contributed by atoms with Gasteiger partial charge in [0.2, 0.25) is 0 Å². The molecule has 86 valence electrons. The minimum atomic E-state index is 0.452. The zero-order valence-electron chi connectivity index (χ0n) is 9.45. The van der Waals surface area contributed by atoms with Crippen molar-refractivity contribution in [3.63, 3.8) is 0 Å². The van der Waals surface area contributed by atoms with Crippen LogP contribution in [0.2, 0.25) is 0 Å². The molecule has 0 bridgehead atoms. The monoisotopic (exact) mass is 279 g/mol. The van der Waals surface area contributed by atoms with Gasteiger partial charge in [-0.25, -0.2) is 0 Å². The van der Waals surface area contributed by atoms with Crippen LogP contribution in [0, 0.1) is 11.8 Å². The Kier molecular flexibility index (Phi) is 2.60. The Bertz CT molecular complexity index is 382. The first-order valence-electron chi connectivity index (χ1n) is 6.23. The highest BCUT2D eigenvalue weighted by molar-refractivity contribution is 9.10. The molecule has 0 saturated heterocycles. The average Bonchev–Trinajstić information content (AvgIpc) is 2.92. The Morgan fingerprint density at radius 2 is 1.94 bits per heavy atom. The normalized spacial score (nSPS) is 33.5. The number of benzene rings is 1. The van der Waals surface area contributed by atoms with Crippen LogP contribution < -0.4 is 5.73 Å². The lowest BCUT2D eigenvalue weighted by Crippen LogP contribution is -2.30. The molecule has 0 heterocycles. The third kappa shape index (κ3) is 1.46. The highest BCUT2D eigenvalue weighted by atomic mass is 79.9. The van der Waals surface area contributed by atoms with E-state index in [1.54, 1.807) is 0 Å². The minimum Gasteiger partial charge on any atom is -0.330 e. The van der Waals surface area contributed by atoms with E-state index in [4.69, 9.17) is 5.73 Å². The van der Waals surface area contributed by atoms with E-state index >= 15 is 0 Å². The second-order valence-electron chi connectivity index (χ2n) is 5.31. The summed E-state index contributed by atoms with van der Waals surface area (Å²) >= 11 is 3.51. The lowest BCUT2D eigenvalue weighted by molar-refractivity contribution is 0.231. The van der Waals surface area contributed by atoms with Crippen molar-refractivity contribution in [2.45, 2.75) is 31.1 Å². The molecule has 2 atom stereocenters. The molecular formula is C14H18BrN. The van der Waals surface area contributed by atoms with E-state index in [1.165, 1.54) is 35.7 Å². The summed E-state index contributed by atoms with van der Waals surface area (Å²) in [6.45, 7) is 0.854. The number of hydrogen-bond acceptors (Lipinski definition) is 1. The minimum absolute atomic E-state index is 0.452. The Labute approximate surface area is 106 Å². The molecule has 1 aromatic rings. The Morgan fingerprint density at radius 1 is 1.25 bits per heavy atom. The summed E-state index contributed by atoms with van der Waals surface area (Å²) in [5.41, 5.74) is 7.86. The van der Waals surface area contributed by atoms with E-state index in [1.807, 2.05) is 0 Å². The van der Waals surface area contributed by atoms with E-state index in [0.29, 0.717) is 5.41 Å². The van der Waals surface area contributed by atoms with Gasteiger partial charge in [0.25, 0.3) is 0 Å². The van der Waals surface area contributed by atoms with Crippen LogP contribution in [0.25, 0.3) is 0 Å². The molecule has 1 aromatic carbocycles. The third-order valence-electron chi connectivity index (χ3n) is 4.65. The fourth-order valence-corrected chi connectivity index (χ4v) is 3.68. The maximum Gasteiger partial charge on any atom is 0.0175 e. The SMILES string of the molecule is NC[C@@H]1CC1(c1ccc(Br)cc1)C1CCC1. The van der Waals surface area contributed by atoms with Crippen LogP contribution in [0.5, 0.6) is 0 Å². The van der Waals surface area contributed by atoms with Crippen LogP contribution in [0.1, 0.15) is 31.2 Å². The number of rotatable bonds is 3. The molecule has 3 rings (SSSR count). The summed E-state index contributed by atoms with van der Waals surface area (Å²) in [6.07, 6.45) is 5.55. The van der Waals surface area contributed by atoms with Gasteiger partial charge in [-0.15, -0.1) is 0 Å². The van der Waals surface area contributed by atoms with Gasteiger partial charge in [-0.05, 0) is 55.3 Å². The first kappa shape index (κ1) is 10.8. The molecule has 2 heteroatoms. The molecule has 0 radical (unpaired) electrons. The lowest BCUT2D eigenvalue weighted by Gasteiger charge is -2.35. The number of halogens is 1. The second kappa shape index (κ2) is 3.85.